The summed E-state index contributed by atoms with van der Waals surface area (Å²) < 4.78 is 1.71. The van der Waals surface area contributed by atoms with Gasteiger partial charge in [0.15, 0.2) is 11.6 Å². The Morgan fingerprint density at radius 2 is 1.90 bits per heavy atom. The molecule has 0 saturated carbocycles. The molecule has 2 saturated heterocycles. The van der Waals surface area contributed by atoms with Crippen molar-refractivity contribution in [2.24, 2.45) is 7.05 Å². The minimum atomic E-state index is 0.273. The van der Waals surface area contributed by atoms with E-state index in [-0.39, 0.29) is 6.04 Å². The van der Waals surface area contributed by atoms with Crippen molar-refractivity contribution < 1.29 is 0 Å². The Bertz CT molecular complexity index is 1170. The van der Waals surface area contributed by atoms with Gasteiger partial charge in [0, 0.05) is 38.1 Å². The lowest BCUT2D eigenvalue weighted by Crippen LogP contribution is -2.47. The van der Waals surface area contributed by atoms with E-state index in [9.17, 15) is 10.5 Å². The number of fused-ring (bicyclic) bond motifs is 2. The molecule has 2 aliphatic heterocycles. The Kier molecular flexibility index (Phi) is 3.92. The van der Waals surface area contributed by atoms with Gasteiger partial charge in [-0.3, -0.25) is 4.68 Å². The Morgan fingerprint density at radius 3 is 2.59 bits per heavy atom. The third-order valence-corrected chi connectivity index (χ3v) is 5.67. The van der Waals surface area contributed by atoms with Crippen LogP contribution in [0.1, 0.15) is 17.5 Å². The molecule has 2 fully saturated rings. The fraction of sp³-hybridized carbons (Fsp3) is 0.286. The van der Waals surface area contributed by atoms with E-state index in [0.29, 0.717) is 28.8 Å². The van der Waals surface area contributed by atoms with Crippen molar-refractivity contribution in [2.75, 3.05) is 22.9 Å². The van der Waals surface area contributed by atoms with Gasteiger partial charge in [0.05, 0.1) is 35.6 Å². The van der Waals surface area contributed by atoms with Crippen LogP contribution in [0, 0.1) is 22.7 Å². The van der Waals surface area contributed by atoms with Crippen molar-refractivity contribution >= 4 is 11.5 Å². The zero-order chi connectivity index (χ0) is 20.0. The van der Waals surface area contributed by atoms with E-state index >= 15 is 0 Å². The minimum Gasteiger partial charge on any atom is -0.365 e. The normalized spacial score (nSPS) is 20.0. The molecule has 8 nitrogen and oxygen atoms in total. The van der Waals surface area contributed by atoms with Crippen LogP contribution in [0.15, 0.2) is 42.9 Å². The van der Waals surface area contributed by atoms with E-state index in [2.05, 4.69) is 38.1 Å². The fourth-order valence-electron chi connectivity index (χ4n) is 4.34. The molecule has 0 unspecified atom stereocenters. The van der Waals surface area contributed by atoms with Crippen molar-refractivity contribution in [2.45, 2.75) is 18.5 Å². The molecule has 4 heterocycles. The number of piperazine rings is 1. The lowest BCUT2D eigenvalue weighted by Gasteiger charge is -2.36. The molecule has 5 rings (SSSR count). The monoisotopic (exact) mass is 382 g/mol. The maximum Gasteiger partial charge on any atom is 0.164 e. The van der Waals surface area contributed by atoms with Crippen LogP contribution in [0.3, 0.4) is 0 Å². The first-order valence-corrected chi connectivity index (χ1v) is 9.46. The van der Waals surface area contributed by atoms with Crippen molar-refractivity contribution in [1.29, 1.82) is 10.5 Å². The van der Waals surface area contributed by atoms with Crippen LogP contribution in [-0.2, 0) is 7.05 Å². The van der Waals surface area contributed by atoms with Crippen LogP contribution in [0.5, 0.6) is 0 Å². The quantitative estimate of drug-likeness (QED) is 0.684. The summed E-state index contributed by atoms with van der Waals surface area (Å²) in [6.07, 6.45) is 6.20. The lowest BCUT2D eigenvalue weighted by molar-refractivity contribution is 0.640. The second kappa shape index (κ2) is 6.61. The zero-order valence-electron chi connectivity index (χ0n) is 15.9. The summed E-state index contributed by atoms with van der Waals surface area (Å²) in [6.45, 7) is 1.64. The number of nitriles is 2. The van der Waals surface area contributed by atoms with E-state index in [0.717, 1.165) is 30.8 Å². The predicted octanol–water partition coefficient (Wildman–Crippen LogP) is 2.09. The van der Waals surface area contributed by atoms with Crippen molar-refractivity contribution in [1.82, 2.24) is 19.7 Å². The number of benzene rings is 1. The number of anilines is 2. The Labute approximate surface area is 168 Å². The highest BCUT2D eigenvalue weighted by molar-refractivity contribution is 5.64. The molecule has 8 heteroatoms. The van der Waals surface area contributed by atoms with E-state index in [1.807, 2.05) is 31.4 Å². The average Bonchev–Trinajstić information content (AvgIpc) is 3.49. The van der Waals surface area contributed by atoms with Gasteiger partial charge in [0.2, 0.25) is 0 Å². The van der Waals surface area contributed by atoms with Gasteiger partial charge in [-0.2, -0.15) is 15.6 Å². The summed E-state index contributed by atoms with van der Waals surface area (Å²) in [4.78, 5) is 13.7. The van der Waals surface area contributed by atoms with Crippen LogP contribution in [-0.4, -0.2) is 44.9 Å². The highest BCUT2D eigenvalue weighted by Crippen LogP contribution is 2.38. The number of nitrogens with zero attached hydrogens (tertiary/aromatic N) is 8. The van der Waals surface area contributed by atoms with E-state index in [1.165, 1.54) is 0 Å². The smallest absolute Gasteiger partial charge is 0.164 e. The largest absolute Gasteiger partial charge is 0.365 e. The lowest BCUT2D eigenvalue weighted by atomic mass is 10.1. The molecule has 29 heavy (non-hydrogen) atoms. The Balaban J connectivity index is 1.44. The molecule has 0 radical (unpaired) electrons. The van der Waals surface area contributed by atoms with Gasteiger partial charge < -0.3 is 9.80 Å². The van der Waals surface area contributed by atoms with Gasteiger partial charge >= 0.3 is 0 Å². The molecular weight excluding hydrogens is 364 g/mol. The van der Waals surface area contributed by atoms with Gasteiger partial charge in [0.25, 0.3) is 0 Å². The topological polar surface area (TPSA) is 97.7 Å². The summed E-state index contributed by atoms with van der Waals surface area (Å²) in [5.74, 6) is 1.27. The molecular formula is C21H18N8. The van der Waals surface area contributed by atoms with Crippen LogP contribution < -0.4 is 9.80 Å². The molecule has 1 aromatic carbocycles. The summed E-state index contributed by atoms with van der Waals surface area (Å²) >= 11 is 0. The first kappa shape index (κ1) is 17.2. The summed E-state index contributed by atoms with van der Waals surface area (Å²) in [5, 5.41) is 23.0. The molecule has 2 bridgehead atoms. The second-order valence-corrected chi connectivity index (χ2v) is 7.46. The highest BCUT2D eigenvalue weighted by atomic mass is 15.4. The van der Waals surface area contributed by atoms with Gasteiger partial charge in [-0.1, -0.05) is 6.07 Å². The standard InChI is InChI=1S/C21H18N8/c1-27-11-16(10-25-27)20-24-9-15(8-23)21(26-20)29-13-18-6-19(29)12-28(18)17-4-2-3-14(5-17)7-22/h2-5,9-11,18-19H,6,12-13H2,1H3/t18-,19+/m1/s1. The van der Waals surface area contributed by atoms with Gasteiger partial charge in [-0.15, -0.1) is 0 Å². The first-order chi connectivity index (χ1) is 14.2. The molecule has 0 amide bonds. The minimum absolute atomic E-state index is 0.273. The third-order valence-electron chi connectivity index (χ3n) is 5.67. The molecule has 0 aliphatic carbocycles. The molecule has 2 atom stereocenters. The molecule has 3 aromatic rings. The van der Waals surface area contributed by atoms with E-state index in [1.54, 1.807) is 17.1 Å². The summed E-state index contributed by atoms with van der Waals surface area (Å²) in [7, 11) is 1.85. The SMILES string of the molecule is Cn1cc(-c2ncc(C#N)c(N3C[C@H]4C[C@H]3CN4c3cccc(C#N)c3)n2)cn1. The molecule has 0 N–H and O–H groups in total. The first-order valence-electron chi connectivity index (χ1n) is 9.46. The fourth-order valence-corrected chi connectivity index (χ4v) is 4.34. The second-order valence-electron chi connectivity index (χ2n) is 7.46. The van der Waals surface area contributed by atoms with E-state index < -0.39 is 0 Å². The molecule has 142 valence electrons. The number of hydrogen-bond acceptors (Lipinski definition) is 7. The Hall–Kier alpha value is -3.91. The van der Waals surface area contributed by atoms with Crippen molar-refractivity contribution in [3.63, 3.8) is 0 Å². The van der Waals surface area contributed by atoms with Gasteiger partial charge in [-0.25, -0.2) is 9.97 Å². The van der Waals surface area contributed by atoms with Gasteiger partial charge in [-0.05, 0) is 24.6 Å². The van der Waals surface area contributed by atoms with Crippen LogP contribution >= 0.6 is 0 Å². The molecule has 2 aromatic heterocycles. The van der Waals surface area contributed by atoms with Crippen LogP contribution in [0.4, 0.5) is 11.5 Å². The summed E-state index contributed by atoms with van der Waals surface area (Å²) in [6, 6.07) is 12.8. The predicted molar refractivity (Wildman–Crippen MR) is 107 cm³/mol. The maximum absolute atomic E-state index is 9.59. The number of hydrogen-bond donors (Lipinski definition) is 0. The van der Waals surface area contributed by atoms with Gasteiger partial charge in [0.1, 0.15) is 11.6 Å². The zero-order valence-corrected chi connectivity index (χ0v) is 15.9. The molecule has 0 spiro atoms. The number of rotatable bonds is 3. The van der Waals surface area contributed by atoms with E-state index in [4.69, 9.17) is 4.98 Å². The average molecular weight is 382 g/mol. The third kappa shape index (κ3) is 2.86. The number of aromatic nitrogens is 4. The van der Waals surface area contributed by atoms with Crippen molar-refractivity contribution in [3.05, 3.63) is 54.0 Å². The van der Waals surface area contributed by atoms with Crippen molar-refractivity contribution in [3.8, 4) is 23.5 Å². The summed E-state index contributed by atoms with van der Waals surface area (Å²) in [5.41, 5.74) is 3.07. The van der Waals surface area contributed by atoms with Crippen LogP contribution in [0.25, 0.3) is 11.4 Å². The highest BCUT2D eigenvalue weighted by Gasteiger charge is 2.44. The maximum atomic E-state index is 9.59. The number of aryl methyl sites for hydroxylation is 1. The molecule has 2 aliphatic rings. The van der Waals surface area contributed by atoms with Crippen LogP contribution in [0.2, 0.25) is 0 Å². The Morgan fingerprint density at radius 1 is 1.07 bits per heavy atom.